The minimum atomic E-state index is -1.09. The molecule has 0 bridgehead atoms. The predicted molar refractivity (Wildman–Crippen MR) is 96.2 cm³/mol. The van der Waals surface area contributed by atoms with E-state index in [1.165, 1.54) is 0 Å². The monoisotopic (exact) mass is 325 g/mol. The van der Waals surface area contributed by atoms with Crippen molar-refractivity contribution in [2.24, 2.45) is 0 Å². The van der Waals surface area contributed by atoms with E-state index in [0.29, 0.717) is 16.8 Å². The van der Waals surface area contributed by atoms with Crippen molar-refractivity contribution in [3.05, 3.63) is 62.7 Å². The Labute approximate surface area is 142 Å². The van der Waals surface area contributed by atoms with E-state index in [-0.39, 0.29) is 17.0 Å². The van der Waals surface area contributed by atoms with Crippen molar-refractivity contribution < 1.29 is 14.7 Å². The van der Waals surface area contributed by atoms with Gasteiger partial charge < -0.3 is 10.4 Å². The van der Waals surface area contributed by atoms with Crippen LogP contribution in [0.5, 0.6) is 0 Å². The third-order valence-electron chi connectivity index (χ3n) is 4.54. The number of carboxylic acid groups (broad SMARTS) is 1. The number of carbonyl (C=O) groups excluding carboxylic acids is 1. The minimum absolute atomic E-state index is 0.0672. The first-order valence-electron chi connectivity index (χ1n) is 7.86. The Morgan fingerprint density at radius 1 is 0.792 bits per heavy atom. The largest absolute Gasteiger partial charge is 0.478 e. The number of rotatable bonds is 3. The van der Waals surface area contributed by atoms with Gasteiger partial charge in [0.1, 0.15) is 0 Å². The Bertz CT molecular complexity index is 851. The second kappa shape index (κ2) is 6.48. The fourth-order valence-electron chi connectivity index (χ4n) is 3.00. The van der Waals surface area contributed by atoms with Gasteiger partial charge in [-0.3, -0.25) is 4.79 Å². The van der Waals surface area contributed by atoms with Crippen LogP contribution >= 0.6 is 0 Å². The molecule has 0 heterocycles. The van der Waals surface area contributed by atoms with Crippen LogP contribution in [0.2, 0.25) is 0 Å². The molecule has 0 aliphatic carbocycles. The first kappa shape index (κ1) is 17.7. The van der Waals surface area contributed by atoms with Crippen LogP contribution < -0.4 is 5.32 Å². The maximum Gasteiger partial charge on any atom is 0.336 e. The minimum Gasteiger partial charge on any atom is -0.478 e. The number of aryl methyl sites for hydroxylation is 4. The first-order valence-corrected chi connectivity index (χ1v) is 7.86. The lowest BCUT2D eigenvalue weighted by molar-refractivity contribution is 0.0691. The number of amides is 1. The normalized spacial score (nSPS) is 10.6. The van der Waals surface area contributed by atoms with Gasteiger partial charge in [0.15, 0.2) is 0 Å². The summed E-state index contributed by atoms with van der Waals surface area (Å²) in [6, 6.07) is 5.76. The molecular weight excluding hydrogens is 302 g/mol. The molecule has 4 nitrogen and oxygen atoms in total. The van der Waals surface area contributed by atoms with Crippen molar-refractivity contribution in [2.75, 3.05) is 5.32 Å². The highest BCUT2D eigenvalue weighted by atomic mass is 16.4. The molecule has 0 unspecified atom stereocenters. The SMILES string of the molecule is Cc1cc(C)c(C)c(NC(=O)c2c(C)c(C)cc(C)c2C(=O)O)c1. The van der Waals surface area contributed by atoms with E-state index in [0.717, 1.165) is 22.3 Å². The van der Waals surface area contributed by atoms with Crippen molar-refractivity contribution in [3.8, 4) is 0 Å². The summed E-state index contributed by atoms with van der Waals surface area (Å²) in [4.78, 5) is 24.5. The molecule has 2 rings (SSSR count). The van der Waals surface area contributed by atoms with Crippen molar-refractivity contribution in [2.45, 2.75) is 41.5 Å². The summed E-state index contributed by atoms with van der Waals surface area (Å²) in [5, 5.41) is 12.4. The second-order valence-corrected chi connectivity index (χ2v) is 6.40. The van der Waals surface area contributed by atoms with E-state index < -0.39 is 5.97 Å². The Kier molecular flexibility index (Phi) is 4.78. The zero-order chi connectivity index (χ0) is 18.2. The van der Waals surface area contributed by atoms with Crippen LogP contribution in [0.4, 0.5) is 5.69 Å². The predicted octanol–water partition coefficient (Wildman–Crippen LogP) is 4.49. The maximum atomic E-state index is 12.9. The van der Waals surface area contributed by atoms with Gasteiger partial charge in [-0.2, -0.15) is 0 Å². The van der Waals surface area contributed by atoms with Gasteiger partial charge in [-0.15, -0.1) is 0 Å². The Balaban J connectivity index is 2.57. The lowest BCUT2D eigenvalue weighted by Crippen LogP contribution is -2.20. The molecule has 0 aromatic heterocycles. The number of benzene rings is 2. The number of carbonyl (C=O) groups is 2. The fourth-order valence-corrected chi connectivity index (χ4v) is 3.00. The standard InChI is InChI=1S/C20H23NO3/c1-10-7-11(2)14(5)16(8-10)21-19(22)18-15(6)12(3)9-13(4)17(18)20(23)24/h7-9H,1-6H3,(H,21,22)(H,23,24). The van der Waals surface area contributed by atoms with Crippen molar-refractivity contribution in [1.29, 1.82) is 0 Å². The summed E-state index contributed by atoms with van der Waals surface area (Å²) < 4.78 is 0. The van der Waals surface area contributed by atoms with E-state index in [4.69, 9.17) is 0 Å². The second-order valence-electron chi connectivity index (χ2n) is 6.40. The molecule has 2 N–H and O–H groups in total. The molecule has 2 aromatic rings. The molecule has 0 fully saturated rings. The van der Waals surface area contributed by atoms with Crippen molar-refractivity contribution >= 4 is 17.6 Å². The molecule has 4 heteroatoms. The van der Waals surface area contributed by atoms with E-state index in [2.05, 4.69) is 11.4 Å². The van der Waals surface area contributed by atoms with Crippen molar-refractivity contribution in [1.82, 2.24) is 0 Å². The third-order valence-corrected chi connectivity index (χ3v) is 4.54. The summed E-state index contributed by atoms with van der Waals surface area (Å²) in [5.74, 6) is -1.47. The van der Waals surface area contributed by atoms with Crippen LogP contribution in [-0.2, 0) is 0 Å². The van der Waals surface area contributed by atoms with Gasteiger partial charge in [0, 0.05) is 5.69 Å². The van der Waals surface area contributed by atoms with Gasteiger partial charge in [0.25, 0.3) is 5.91 Å². The summed E-state index contributed by atoms with van der Waals surface area (Å²) >= 11 is 0. The highest BCUT2D eigenvalue weighted by Gasteiger charge is 2.23. The lowest BCUT2D eigenvalue weighted by atomic mass is 9.92. The average molecular weight is 325 g/mol. The Hall–Kier alpha value is -2.62. The maximum absolute atomic E-state index is 12.9. The number of nitrogens with one attached hydrogen (secondary N) is 1. The van der Waals surface area contributed by atoms with E-state index in [1.54, 1.807) is 19.9 Å². The van der Waals surface area contributed by atoms with Gasteiger partial charge in [0.2, 0.25) is 0 Å². The summed E-state index contributed by atoms with van der Waals surface area (Å²) in [5.41, 5.74) is 6.31. The Morgan fingerprint density at radius 3 is 1.96 bits per heavy atom. The molecule has 1 amide bonds. The molecule has 2 aromatic carbocycles. The molecule has 0 aliphatic rings. The van der Waals surface area contributed by atoms with Gasteiger partial charge >= 0.3 is 5.97 Å². The quantitative estimate of drug-likeness (QED) is 0.874. The summed E-state index contributed by atoms with van der Waals surface area (Å²) in [7, 11) is 0. The molecule has 0 aliphatic heterocycles. The first-order chi connectivity index (χ1) is 11.1. The number of anilines is 1. The van der Waals surface area contributed by atoms with Crippen LogP contribution in [0.25, 0.3) is 0 Å². The van der Waals surface area contributed by atoms with Crippen LogP contribution in [0.15, 0.2) is 18.2 Å². The zero-order valence-corrected chi connectivity index (χ0v) is 15.0. The van der Waals surface area contributed by atoms with Crippen LogP contribution in [-0.4, -0.2) is 17.0 Å². The highest BCUT2D eigenvalue weighted by molar-refractivity contribution is 6.12. The number of hydrogen-bond donors (Lipinski definition) is 2. The van der Waals surface area contributed by atoms with Crippen LogP contribution in [0.3, 0.4) is 0 Å². The van der Waals surface area contributed by atoms with E-state index in [9.17, 15) is 14.7 Å². The summed E-state index contributed by atoms with van der Waals surface area (Å²) in [6.45, 7) is 11.3. The Morgan fingerprint density at radius 2 is 1.38 bits per heavy atom. The van der Waals surface area contributed by atoms with Gasteiger partial charge in [-0.25, -0.2) is 4.79 Å². The molecule has 24 heavy (non-hydrogen) atoms. The average Bonchev–Trinajstić information content (AvgIpc) is 2.47. The van der Waals surface area contributed by atoms with Crippen LogP contribution in [0.1, 0.15) is 54.1 Å². The van der Waals surface area contributed by atoms with Gasteiger partial charge in [-0.1, -0.05) is 12.1 Å². The third kappa shape index (κ3) is 3.18. The zero-order valence-electron chi connectivity index (χ0n) is 15.0. The molecule has 0 saturated carbocycles. The molecule has 0 atom stereocenters. The van der Waals surface area contributed by atoms with Gasteiger partial charge in [-0.05, 0) is 81.0 Å². The topological polar surface area (TPSA) is 66.4 Å². The van der Waals surface area contributed by atoms with E-state index >= 15 is 0 Å². The van der Waals surface area contributed by atoms with Crippen molar-refractivity contribution in [3.63, 3.8) is 0 Å². The van der Waals surface area contributed by atoms with E-state index in [1.807, 2.05) is 33.8 Å². The molecular formula is C20H23NO3. The number of carboxylic acids is 1. The number of aromatic carboxylic acids is 1. The molecule has 0 spiro atoms. The summed E-state index contributed by atoms with van der Waals surface area (Å²) in [6.07, 6.45) is 0. The molecule has 0 saturated heterocycles. The van der Waals surface area contributed by atoms with Gasteiger partial charge in [0.05, 0.1) is 11.1 Å². The molecule has 0 radical (unpaired) electrons. The lowest BCUT2D eigenvalue weighted by Gasteiger charge is -2.17. The fraction of sp³-hybridized carbons (Fsp3) is 0.300. The number of hydrogen-bond acceptors (Lipinski definition) is 2. The van der Waals surface area contributed by atoms with Crippen LogP contribution in [0, 0.1) is 41.5 Å². The molecule has 126 valence electrons. The smallest absolute Gasteiger partial charge is 0.336 e. The highest BCUT2D eigenvalue weighted by Crippen LogP contribution is 2.26.